The number of benzene rings is 1. The van der Waals surface area contributed by atoms with Crippen molar-refractivity contribution in [3.8, 4) is 29.0 Å². The third kappa shape index (κ3) is 5.35. The molecule has 1 aliphatic rings. The number of pyridine rings is 2. The lowest BCUT2D eigenvalue weighted by Crippen LogP contribution is -2.38. The summed E-state index contributed by atoms with van der Waals surface area (Å²) in [4.78, 5) is 10.9. The topological polar surface area (TPSA) is 99.9 Å². The SMILES string of the molecule is CCN1CCC(Oc2ncc(-c3n[nH]c4ccc(O[C@H](C)c5c(Cl)cncc5Cl)cc34)cc2C#N)CC1. The molecule has 5 rings (SSSR count). The first-order valence-corrected chi connectivity index (χ1v) is 13.0. The number of H-pyrrole nitrogens is 1. The van der Waals surface area contributed by atoms with E-state index in [1.807, 2.05) is 25.1 Å². The lowest BCUT2D eigenvalue weighted by molar-refractivity contribution is 0.0995. The van der Waals surface area contributed by atoms with Crippen LogP contribution in [0.4, 0.5) is 0 Å². The fraction of sp³-hybridized carbons (Fsp3) is 0.333. The highest BCUT2D eigenvalue weighted by atomic mass is 35.5. The minimum atomic E-state index is -0.400. The van der Waals surface area contributed by atoms with Gasteiger partial charge in [0.15, 0.2) is 0 Å². The molecule has 3 aromatic heterocycles. The maximum atomic E-state index is 9.81. The highest BCUT2D eigenvalue weighted by molar-refractivity contribution is 6.35. The van der Waals surface area contributed by atoms with Crippen LogP contribution < -0.4 is 9.47 Å². The molecule has 4 aromatic rings. The van der Waals surface area contributed by atoms with Gasteiger partial charge < -0.3 is 14.4 Å². The number of aromatic nitrogens is 4. The summed E-state index contributed by atoms with van der Waals surface area (Å²) in [6.45, 7) is 7.06. The van der Waals surface area contributed by atoms with E-state index in [0.29, 0.717) is 44.1 Å². The molecular formula is C27H26Cl2N6O2. The maximum absolute atomic E-state index is 9.81. The van der Waals surface area contributed by atoms with E-state index in [1.54, 1.807) is 24.7 Å². The standard InChI is InChI=1S/C27H26Cl2N6O2/c1-3-35-8-6-19(7-9-35)37-27-17(12-30)10-18(13-32-27)26-21-11-20(4-5-24(21)33-34-26)36-16(2)25-22(28)14-31-15-23(25)29/h4-5,10-11,13-16,19H,3,6-9H2,1-2H3,(H,33,34)/t16-/m1/s1. The first kappa shape index (κ1) is 25.3. The summed E-state index contributed by atoms with van der Waals surface area (Å²) in [5, 5.41) is 19.1. The normalized spacial score (nSPS) is 15.4. The fourth-order valence-corrected chi connectivity index (χ4v) is 5.29. The predicted molar refractivity (Wildman–Crippen MR) is 143 cm³/mol. The Hall–Kier alpha value is -3.38. The third-order valence-corrected chi connectivity index (χ3v) is 7.25. The zero-order valence-corrected chi connectivity index (χ0v) is 22.1. The number of aromatic amines is 1. The van der Waals surface area contributed by atoms with Crippen LogP contribution in [0.2, 0.25) is 10.0 Å². The van der Waals surface area contributed by atoms with Crippen molar-refractivity contribution in [1.82, 2.24) is 25.1 Å². The Labute approximate surface area is 225 Å². The first-order chi connectivity index (χ1) is 18.0. The van der Waals surface area contributed by atoms with Crippen molar-refractivity contribution in [3.05, 3.63) is 64.0 Å². The van der Waals surface area contributed by atoms with Crippen LogP contribution in [0.3, 0.4) is 0 Å². The lowest BCUT2D eigenvalue weighted by Gasteiger charge is -2.31. The Bertz CT molecular complexity index is 1440. The molecule has 8 nitrogen and oxygen atoms in total. The molecule has 0 unspecified atom stereocenters. The number of halogens is 2. The van der Waals surface area contributed by atoms with Gasteiger partial charge in [0, 0.05) is 48.2 Å². The van der Waals surface area contributed by atoms with Gasteiger partial charge in [-0.2, -0.15) is 10.4 Å². The highest BCUT2D eigenvalue weighted by Crippen LogP contribution is 2.35. The number of hydrogen-bond acceptors (Lipinski definition) is 7. The molecule has 1 fully saturated rings. The van der Waals surface area contributed by atoms with Crippen LogP contribution in [0, 0.1) is 11.3 Å². The molecule has 0 saturated carbocycles. The van der Waals surface area contributed by atoms with Crippen LogP contribution in [0.25, 0.3) is 22.2 Å². The van der Waals surface area contributed by atoms with Crippen molar-refractivity contribution in [2.24, 2.45) is 0 Å². The number of rotatable bonds is 7. The molecule has 0 amide bonds. The van der Waals surface area contributed by atoms with Crippen LogP contribution in [0.1, 0.15) is 43.9 Å². The summed E-state index contributed by atoms with van der Waals surface area (Å²) in [6, 6.07) is 9.64. The molecule has 1 N–H and O–H groups in total. The molecule has 37 heavy (non-hydrogen) atoms. The second-order valence-corrected chi connectivity index (χ2v) is 9.81. The number of ether oxygens (including phenoxy) is 2. The summed E-state index contributed by atoms with van der Waals surface area (Å²) >= 11 is 12.6. The van der Waals surface area contributed by atoms with E-state index in [0.717, 1.165) is 43.4 Å². The van der Waals surface area contributed by atoms with Gasteiger partial charge in [-0.05, 0) is 50.6 Å². The van der Waals surface area contributed by atoms with Crippen molar-refractivity contribution in [2.45, 2.75) is 38.9 Å². The Balaban J connectivity index is 1.39. The van der Waals surface area contributed by atoms with Gasteiger partial charge in [0.25, 0.3) is 0 Å². The number of piperidine rings is 1. The van der Waals surface area contributed by atoms with Crippen molar-refractivity contribution >= 4 is 34.1 Å². The second-order valence-electron chi connectivity index (χ2n) is 9.00. The minimum absolute atomic E-state index is 0.0589. The molecule has 1 aromatic carbocycles. The Morgan fingerprint density at radius 3 is 2.62 bits per heavy atom. The van der Waals surface area contributed by atoms with Crippen molar-refractivity contribution < 1.29 is 9.47 Å². The fourth-order valence-electron chi connectivity index (χ4n) is 4.62. The number of nitrogens with zero attached hydrogens (tertiary/aromatic N) is 5. The lowest BCUT2D eigenvalue weighted by atomic mass is 10.1. The number of hydrogen-bond donors (Lipinski definition) is 1. The van der Waals surface area contributed by atoms with Gasteiger partial charge in [-0.1, -0.05) is 30.1 Å². The van der Waals surface area contributed by atoms with Crippen LogP contribution in [0.15, 0.2) is 42.9 Å². The molecule has 190 valence electrons. The predicted octanol–water partition coefficient (Wildman–Crippen LogP) is 6.20. The number of nitrogens with one attached hydrogen (secondary N) is 1. The molecule has 4 heterocycles. The van der Waals surface area contributed by atoms with E-state index in [9.17, 15) is 5.26 Å². The van der Waals surface area contributed by atoms with E-state index in [1.165, 1.54) is 0 Å². The second kappa shape index (κ2) is 10.9. The number of nitriles is 1. The van der Waals surface area contributed by atoms with E-state index < -0.39 is 6.10 Å². The summed E-state index contributed by atoms with van der Waals surface area (Å²) in [5.74, 6) is 0.989. The Kier molecular flexibility index (Phi) is 7.47. The number of fused-ring (bicyclic) bond motifs is 1. The van der Waals surface area contributed by atoms with Gasteiger partial charge in [0.1, 0.15) is 35.3 Å². The average Bonchev–Trinajstić information content (AvgIpc) is 3.32. The van der Waals surface area contributed by atoms with Crippen LogP contribution in [-0.4, -0.2) is 50.8 Å². The molecule has 1 aliphatic heterocycles. The van der Waals surface area contributed by atoms with Gasteiger partial charge in [-0.3, -0.25) is 10.1 Å². The van der Waals surface area contributed by atoms with Crippen molar-refractivity contribution in [1.29, 1.82) is 5.26 Å². The van der Waals surface area contributed by atoms with Crippen molar-refractivity contribution in [3.63, 3.8) is 0 Å². The smallest absolute Gasteiger partial charge is 0.231 e. The van der Waals surface area contributed by atoms with E-state index in [2.05, 4.69) is 38.1 Å². The summed E-state index contributed by atoms with van der Waals surface area (Å²) in [7, 11) is 0. The van der Waals surface area contributed by atoms with Crippen LogP contribution >= 0.6 is 23.2 Å². The molecular weight excluding hydrogens is 511 g/mol. The van der Waals surface area contributed by atoms with Gasteiger partial charge in [0.05, 0.1) is 15.6 Å². The van der Waals surface area contributed by atoms with Crippen molar-refractivity contribution in [2.75, 3.05) is 19.6 Å². The average molecular weight is 537 g/mol. The monoisotopic (exact) mass is 536 g/mol. The molecule has 0 aliphatic carbocycles. The summed E-state index contributed by atoms with van der Waals surface area (Å²) < 4.78 is 12.3. The summed E-state index contributed by atoms with van der Waals surface area (Å²) in [6.07, 6.45) is 6.28. The molecule has 1 atom stereocenters. The largest absolute Gasteiger partial charge is 0.486 e. The van der Waals surface area contributed by atoms with Crippen LogP contribution in [0.5, 0.6) is 11.6 Å². The first-order valence-electron chi connectivity index (χ1n) is 12.2. The van der Waals surface area contributed by atoms with E-state index in [-0.39, 0.29) is 6.10 Å². The van der Waals surface area contributed by atoms with Crippen LogP contribution in [-0.2, 0) is 0 Å². The quantitative estimate of drug-likeness (QED) is 0.300. The van der Waals surface area contributed by atoms with Gasteiger partial charge in [-0.15, -0.1) is 0 Å². The Morgan fingerprint density at radius 2 is 1.92 bits per heavy atom. The highest BCUT2D eigenvalue weighted by Gasteiger charge is 2.22. The molecule has 1 saturated heterocycles. The minimum Gasteiger partial charge on any atom is -0.486 e. The maximum Gasteiger partial charge on any atom is 0.231 e. The molecule has 0 bridgehead atoms. The van der Waals surface area contributed by atoms with Gasteiger partial charge >= 0.3 is 0 Å². The van der Waals surface area contributed by atoms with Gasteiger partial charge in [0.2, 0.25) is 5.88 Å². The molecule has 0 spiro atoms. The van der Waals surface area contributed by atoms with E-state index in [4.69, 9.17) is 32.7 Å². The van der Waals surface area contributed by atoms with E-state index >= 15 is 0 Å². The number of likely N-dealkylation sites (tertiary alicyclic amines) is 1. The van der Waals surface area contributed by atoms with Gasteiger partial charge in [-0.25, -0.2) is 4.98 Å². The molecule has 0 radical (unpaired) electrons. The Morgan fingerprint density at radius 1 is 1.16 bits per heavy atom. The zero-order chi connectivity index (χ0) is 25.9. The zero-order valence-electron chi connectivity index (χ0n) is 20.5. The third-order valence-electron chi connectivity index (χ3n) is 6.65. The summed E-state index contributed by atoms with van der Waals surface area (Å²) in [5.41, 5.74) is 3.26. The molecule has 10 heteroatoms.